The van der Waals surface area contributed by atoms with Crippen LogP contribution in [0.2, 0.25) is 0 Å². The summed E-state index contributed by atoms with van der Waals surface area (Å²) < 4.78 is 53.8. The first-order valence-corrected chi connectivity index (χ1v) is 10.3. The predicted octanol–water partition coefficient (Wildman–Crippen LogP) is 4.70. The highest BCUT2D eigenvalue weighted by atomic mass is 32.2. The van der Waals surface area contributed by atoms with E-state index in [0.717, 1.165) is 30.0 Å². The standard InChI is InChI=1S/C22H20F4N2O2S/c1-15(29)27-10-12-28(13-11-27)21(30)9-3-16-2-6-19(14-20(16)22(24,25)26)31-18-7-4-17(23)5-8-18/h2-9,14H,10-13H2,1H3. The van der Waals surface area contributed by atoms with Crippen molar-refractivity contribution in [2.24, 2.45) is 0 Å². The lowest BCUT2D eigenvalue weighted by molar-refractivity contribution is -0.138. The van der Waals surface area contributed by atoms with Gasteiger partial charge in [-0.2, -0.15) is 13.2 Å². The van der Waals surface area contributed by atoms with Gasteiger partial charge in [0.05, 0.1) is 5.56 Å². The van der Waals surface area contributed by atoms with Crippen molar-refractivity contribution in [1.82, 2.24) is 9.80 Å². The molecule has 0 atom stereocenters. The van der Waals surface area contributed by atoms with Crippen LogP contribution in [0.4, 0.5) is 17.6 Å². The van der Waals surface area contributed by atoms with Gasteiger partial charge in [-0.15, -0.1) is 0 Å². The molecule has 2 amide bonds. The van der Waals surface area contributed by atoms with Crippen LogP contribution in [0.3, 0.4) is 0 Å². The summed E-state index contributed by atoms with van der Waals surface area (Å²) >= 11 is 1.09. The smallest absolute Gasteiger partial charge is 0.339 e. The summed E-state index contributed by atoms with van der Waals surface area (Å²) in [5, 5.41) is 0. The molecular weight excluding hydrogens is 432 g/mol. The van der Waals surface area contributed by atoms with Gasteiger partial charge in [-0.1, -0.05) is 17.8 Å². The Labute approximate surface area is 181 Å². The first-order chi connectivity index (χ1) is 14.6. The quantitative estimate of drug-likeness (QED) is 0.499. The highest BCUT2D eigenvalue weighted by molar-refractivity contribution is 7.99. The zero-order chi connectivity index (χ0) is 22.6. The molecule has 3 rings (SSSR count). The fourth-order valence-electron chi connectivity index (χ4n) is 3.14. The molecule has 0 bridgehead atoms. The Kier molecular flexibility index (Phi) is 7.04. The van der Waals surface area contributed by atoms with Crippen LogP contribution >= 0.6 is 11.8 Å². The largest absolute Gasteiger partial charge is 0.417 e. The van der Waals surface area contributed by atoms with Gasteiger partial charge in [-0.3, -0.25) is 9.59 Å². The molecule has 0 saturated carbocycles. The maximum atomic E-state index is 13.6. The van der Waals surface area contributed by atoms with Crippen molar-refractivity contribution in [3.63, 3.8) is 0 Å². The van der Waals surface area contributed by atoms with E-state index < -0.39 is 23.5 Å². The summed E-state index contributed by atoms with van der Waals surface area (Å²) in [7, 11) is 0. The van der Waals surface area contributed by atoms with Gasteiger partial charge in [0.25, 0.3) is 0 Å². The molecule has 2 aromatic rings. The number of halogens is 4. The van der Waals surface area contributed by atoms with Crippen LogP contribution in [-0.2, 0) is 15.8 Å². The van der Waals surface area contributed by atoms with Gasteiger partial charge in [0.2, 0.25) is 11.8 Å². The lowest BCUT2D eigenvalue weighted by atomic mass is 10.1. The maximum absolute atomic E-state index is 13.6. The van der Waals surface area contributed by atoms with Gasteiger partial charge in [-0.25, -0.2) is 4.39 Å². The second-order valence-electron chi connectivity index (χ2n) is 6.97. The van der Waals surface area contributed by atoms with Crippen molar-refractivity contribution in [3.8, 4) is 0 Å². The first-order valence-electron chi connectivity index (χ1n) is 9.50. The molecule has 0 aliphatic carbocycles. The molecule has 1 heterocycles. The average Bonchev–Trinajstić information content (AvgIpc) is 2.73. The second kappa shape index (κ2) is 9.55. The van der Waals surface area contributed by atoms with Crippen molar-refractivity contribution in [3.05, 3.63) is 65.5 Å². The molecule has 0 unspecified atom stereocenters. The average molecular weight is 452 g/mol. The van der Waals surface area contributed by atoms with Gasteiger partial charge >= 0.3 is 6.18 Å². The van der Waals surface area contributed by atoms with E-state index in [-0.39, 0.29) is 11.5 Å². The fourth-order valence-corrected chi connectivity index (χ4v) is 3.99. The number of amides is 2. The van der Waals surface area contributed by atoms with Crippen LogP contribution in [0, 0.1) is 5.82 Å². The second-order valence-corrected chi connectivity index (χ2v) is 8.11. The molecule has 2 aromatic carbocycles. The molecule has 0 spiro atoms. The van der Waals surface area contributed by atoms with Crippen molar-refractivity contribution < 1.29 is 27.2 Å². The number of piperazine rings is 1. The topological polar surface area (TPSA) is 40.6 Å². The molecule has 31 heavy (non-hydrogen) atoms. The van der Waals surface area contributed by atoms with Crippen LogP contribution in [-0.4, -0.2) is 47.8 Å². The molecular formula is C22H20F4N2O2S. The number of hydrogen-bond donors (Lipinski definition) is 0. The number of hydrogen-bond acceptors (Lipinski definition) is 3. The summed E-state index contributed by atoms with van der Waals surface area (Å²) in [5.41, 5.74) is -0.975. The molecule has 164 valence electrons. The molecule has 0 N–H and O–H groups in total. The minimum Gasteiger partial charge on any atom is -0.339 e. The van der Waals surface area contributed by atoms with E-state index >= 15 is 0 Å². The van der Waals surface area contributed by atoms with E-state index in [1.807, 2.05) is 0 Å². The summed E-state index contributed by atoms with van der Waals surface area (Å²) in [5.74, 6) is -0.898. The van der Waals surface area contributed by atoms with E-state index in [4.69, 9.17) is 0 Å². The van der Waals surface area contributed by atoms with Gasteiger partial charge < -0.3 is 9.80 Å². The minimum absolute atomic E-state index is 0.0731. The number of carbonyl (C=O) groups excluding carboxylic acids is 2. The monoisotopic (exact) mass is 452 g/mol. The Morgan fingerprint density at radius 2 is 1.52 bits per heavy atom. The molecule has 1 fully saturated rings. The predicted molar refractivity (Wildman–Crippen MR) is 110 cm³/mol. The van der Waals surface area contributed by atoms with Crippen LogP contribution in [0.15, 0.2) is 58.3 Å². The Morgan fingerprint density at radius 1 is 0.935 bits per heavy atom. The Hall–Kier alpha value is -2.81. The molecule has 1 aliphatic rings. The van der Waals surface area contributed by atoms with E-state index in [0.29, 0.717) is 36.0 Å². The molecule has 4 nitrogen and oxygen atoms in total. The lowest BCUT2D eigenvalue weighted by Crippen LogP contribution is -2.49. The molecule has 0 radical (unpaired) electrons. The fraction of sp³-hybridized carbons (Fsp3) is 0.273. The molecule has 1 aliphatic heterocycles. The lowest BCUT2D eigenvalue weighted by Gasteiger charge is -2.33. The number of benzene rings is 2. The zero-order valence-corrected chi connectivity index (χ0v) is 17.5. The maximum Gasteiger partial charge on any atom is 0.417 e. The van der Waals surface area contributed by atoms with Crippen molar-refractivity contribution in [2.45, 2.75) is 22.9 Å². The summed E-state index contributed by atoms with van der Waals surface area (Å²) in [6, 6.07) is 9.32. The Balaban J connectivity index is 1.75. The van der Waals surface area contributed by atoms with Crippen LogP contribution in [0.5, 0.6) is 0 Å². The van der Waals surface area contributed by atoms with E-state index in [1.165, 1.54) is 48.2 Å². The first kappa shape index (κ1) is 22.9. The number of alkyl halides is 3. The number of carbonyl (C=O) groups is 2. The molecule has 0 aromatic heterocycles. The Bertz CT molecular complexity index is 982. The van der Waals surface area contributed by atoms with Crippen LogP contribution in [0.25, 0.3) is 6.08 Å². The number of nitrogens with zero attached hydrogens (tertiary/aromatic N) is 2. The summed E-state index contributed by atoms with van der Waals surface area (Å²) in [6.45, 7) is 2.92. The third-order valence-corrected chi connectivity index (χ3v) is 5.82. The highest BCUT2D eigenvalue weighted by Crippen LogP contribution is 2.37. The number of rotatable bonds is 4. The third kappa shape index (κ3) is 6.10. The molecule has 1 saturated heterocycles. The third-order valence-electron chi connectivity index (χ3n) is 4.82. The summed E-state index contributed by atoms with van der Waals surface area (Å²) in [6.07, 6.45) is -2.31. The van der Waals surface area contributed by atoms with E-state index in [9.17, 15) is 27.2 Å². The Morgan fingerprint density at radius 3 is 2.10 bits per heavy atom. The van der Waals surface area contributed by atoms with Gasteiger partial charge in [-0.05, 0) is 48.0 Å². The highest BCUT2D eigenvalue weighted by Gasteiger charge is 2.33. The zero-order valence-electron chi connectivity index (χ0n) is 16.7. The SMILES string of the molecule is CC(=O)N1CCN(C(=O)C=Cc2ccc(Sc3ccc(F)cc3)cc2C(F)(F)F)CC1. The van der Waals surface area contributed by atoms with Crippen LogP contribution < -0.4 is 0 Å². The van der Waals surface area contributed by atoms with Crippen molar-refractivity contribution in [1.29, 1.82) is 0 Å². The van der Waals surface area contributed by atoms with Crippen LogP contribution in [0.1, 0.15) is 18.1 Å². The minimum atomic E-state index is -4.60. The van der Waals surface area contributed by atoms with Crippen molar-refractivity contribution >= 4 is 29.7 Å². The van der Waals surface area contributed by atoms with E-state index in [1.54, 1.807) is 4.90 Å². The van der Waals surface area contributed by atoms with Crippen molar-refractivity contribution in [2.75, 3.05) is 26.2 Å². The summed E-state index contributed by atoms with van der Waals surface area (Å²) in [4.78, 5) is 27.8. The van der Waals surface area contributed by atoms with E-state index in [2.05, 4.69) is 0 Å². The normalized spacial score (nSPS) is 14.9. The van der Waals surface area contributed by atoms with Gasteiger partial charge in [0.15, 0.2) is 0 Å². The molecule has 9 heteroatoms. The van der Waals surface area contributed by atoms with Gasteiger partial charge in [0.1, 0.15) is 5.82 Å². The van der Waals surface area contributed by atoms with Gasteiger partial charge in [0, 0.05) is 49.0 Å².